The number of fused-ring (bicyclic) bond motifs is 1. The van der Waals surface area contributed by atoms with E-state index in [9.17, 15) is 4.79 Å². The van der Waals surface area contributed by atoms with Gasteiger partial charge in [-0.2, -0.15) is 0 Å². The number of piperidine rings is 1. The fraction of sp³-hybridized carbons (Fsp3) is 0.438. The molecule has 1 aliphatic rings. The number of H-pyrrole nitrogens is 1. The molecule has 1 aliphatic heterocycles. The number of imidazole rings is 1. The number of likely N-dealkylation sites (tertiary alicyclic amines) is 1. The van der Waals surface area contributed by atoms with Crippen molar-refractivity contribution in [3.63, 3.8) is 0 Å². The average Bonchev–Trinajstić information content (AvgIpc) is 3.20. The average molecular weight is 312 g/mol. The van der Waals surface area contributed by atoms with E-state index >= 15 is 0 Å². The Morgan fingerprint density at radius 2 is 2.35 bits per heavy atom. The highest BCUT2D eigenvalue weighted by Gasteiger charge is 2.27. The Balaban J connectivity index is 1.54. The van der Waals surface area contributed by atoms with Gasteiger partial charge in [0, 0.05) is 49.9 Å². The molecule has 3 aromatic rings. The molecule has 0 aliphatic carbocycles. The lowest BCUT2D eigenvalue weighted by atomic mass is 9.93. The van der Waals surface area contributed by atoms with Crippen molar-refractivity contribution in [2.24, 2.45) is 5.92 Å². The van der Waals surface area contributed by atoms with Crippen molar-refractivity contribution in [3.05, 3.63) is 53.1 Å². The summed E-state index contributed by atoms with van der Waals surface area (Å²) in [5.41, 5.74) is 1.43. The molecule has 0 amide bonds. The van der Waals surface area contributed by atoms with E-state index in [4.69, 9.17) is 0 Å². The SMILES string of the molecule is CC1CCN(Cc2cc(=O)n3[nH]ccc3n2)CC1n1ccnc1. The first-order valence-corrected chi connectivity index (χ1v) is 7.96. The number of aromatic amines is 1. The maximum atomic E-state index is 12.1. The summed E-state index contributed by atoms with van der Waals surface area (Å²) >= 11 is 0. The molecule has 1 fully saturated rings. The molecule has 0 saturated carbocycles. The van der Waals surface area contributed by atoms with Gasteiger partial charge in [0.1, 0.15) is 0 Å². The maximum absolute atomic E-state index is 12.1. The predicted molar refractivity (Wildman–Crippen MR) is 86.1 cm³/mol. The van der Waals surface area contributed by atoms with Crippen molar-refractivity contribution in [3.8, 4) is 0 Å². The molecule has 4 rings (SSSR count). The summed E-state index contributed by atoms with van der Waals surface area (Å²) in [6.07, 6.45) is 8.61. The van der Waals surface area contributed by atoms with Crippen LogP contribution < -0.4 is 5.56 Å². The number of hydrogen-bond acceptors (Lipinski definition) is 4. The van der Waals surface area contributed by atoms with Gasteiger partial charge in [0.05, 0.1) is 12.0 Å². The molecule has 4 heterocycles. The summed E-state index contributed by atoms with van der Waals surface area (Å²) in [5.74, 6) is 0.617. The molecule has 0 aromatic carbocycles. The highest BCUT2D eigenvalue weighted by Crippen LogP contribution is 2.27. The molecule has 2 unspecified atom stereocenters. The molecule has 0 radical (unpaired) electrons. The summed E-state index contributed by atoms with van der Waals surface area (Å²) < 4.78 is 3.64. The Bertz CT molecular complexity index is 849. The minimum absolute atomic E-state index is 0.0634. The molecule has 120 valence electrons. The van der Waals surface area contributed by atoms with Crippen LogP contribution in [-0.4, -0.2) is 42.1 Å². The summed E-state index contributed by atoms with van der Waals surface area (Å²) in [6, 6.07) is 3.86. The highest BCUT2D eigenvalue weighted by molar-refractivity contribution is 5.36. The van der Waals surface area contributed by atoms with Gasteiger partial charge >= 0.3 is 0 Å². The summed E-state index contributed by atoms with van der Waals surface area (Å²) in [4.78, 5) is 23.2. The minimum Gasteiger partial charge on any atom is -0.333 e. The highest BCUT2D eigenvalue weighted by atomic mass is 16.1. The molecule has 7 nitrogen and oxygen atoms in total. The van der Waals surface area contributed by atoms with Crippen molar-refractivity contribution in [1.29, 1.82) is 0 Å². The smallest absolute Gasteiger partial charge is 0.272 e. The van der Waals surface area contributed by atoms with E-state index in [2.05, 4.69) is 31.5 Å². The van der Waals surface area contributed by atoms with Crippen LogP contribution in [-0.2, 0) is 6.54 Å². The van der Waals surface area contributed by atoms with Crippen LogP contribution >= 0.6 is 0 Å². The Hall–Kier alpha value is -2.41. The number of aromatic nitrogens is 5. The van der Waals surface area contributed by atoms with Crippen LogP contribution in [0, 0.1) is 5.92 Å². The molecule has 1 N–H and O–H groups in total. The van der Waals surface area contributed by atoms with Gasteiger partial charge in [0.2, 0.25) is 0 Å². The maximum Gasteiger partial charge on any atom is 0.272 e. The van der Waals surface area contributed by atoms with Gasteiger partial charge in [-0.1, -0.05) is 6.92 Å². The van der Waals surface area contributed by atoms with Gasteiger partial charge in [0.15, 0.2) is 5.65 Å². The fourth-order valence-electron chi connectivity index (χ4n) is 3.40. The molecule has 0 bridgehead atoms. The van der Waals surface area contributed by atoms with Crippen molar-refractivity contribution in [2.45, 2.75) is 25.9 Å². The third kappa shape index (κ3) is 2.68. The molecule has 2 atom stereocenters. The van der Waals surface area contributed by atoms with E-state index in [-0.39, 0.29) is 5.56 Å². The van der Waals surface area contributed by atoms with Crippen LogP contribution in [0.25, 0.3) is 5.65 Å². The quantitative estimate of drug-likeness (QED) is 0.791. The second kappa shape index (κ2) is 5.66. The third-order valence-corrected chi connectivity index (χ3v) is 4.73. The Kier molecular flexibility index (Phi) is 3.49. The number of nitrogens with one attached hydrogen (secondary N) is 1. The van der Waals surface area contributed by atoms with Gasteiger partial charge in [-0.3, -0.25) is 14.8 Å². The van der Waals surface area contributed by atoms with Crippen molar-refractivity contribution >= 4 is 5.65 Å². The zero-order chi connectivity index (χ0) is 15.8. The van der Waals surface area contributed by atoms with Gasteiger partial charge in [0.25, 0.3) is 5.56 Å². The van der Waals surface area contributed by atoms with Crippen LogP contribution in [0.1, 0.15) is 25.1 Å². The Morgan fingerprint density at radius 1 is 1.43 bits per heavy atom. The van der Waals surface area contributed by atoms with Gasteiger partial charge in [-0.05, 0) is 18.9 Å². The number of nitrogens with zero attached hydrogens (tertiary/aromatic N) is 5. The second-order valence-electron chi connectivity index (χ2n) is 6.32. The predicted octanol–water partition coefficient (Wildman–Crippen LogP) is 1.30. The van der Waals surface area contributed by atoms with Gasteiger partial charge in [-0.25, -0.2) is 14.5 Å². The minimum atomic E-state index is -0.0634. The topological polar surface area (TPSA) is 71.2 Å². The number of hydrogen-bond donors (Lipinski definition) is 1. The van der Waals surface area contributed by atoms with E-state index in [1.54, 1.807) is 12.3 Å². The lowest BCUT2D eigenvalue weighted by molar-refractivity contribution is 0.125. The Morgan fingerprint density at radius 3 is 3.17 bits per heavy atom. The standard InChI is InChI=1S/C16H20N6O/c1-12-3-6-20(10-14(12)21-7-5-17-11-21)9-13-8-16(23)22-15(19-13)2-4-18-22/h2,4-5,7-8,11-12,14,18H,3,6,9-10H2,1H3. The molecule has 7 heteroatoms. The molecule has 3 aromatic heterocycles. The zero-order valence-corrected chi connectivity index (χ0v) is 13.1. The Labute approximate surface area is 133 Å². The van der Waals surface area contributed by atoms with Gasteiger partial charge in [-0.15, -0.1) is 0 Å². The van der Waals surface area contributed by atoms with Gasteiger partial charge < -0.3 is 4.57 Å². The normalized spacial score (nSPS) is 22.7. The molecule has 0 spiro atoms. The van der Waals surface area contributed by atoms with Crippen LogP contribution in [0.2, 0.25) is 0 Å². The molecular weight excluding hydrogens is 292 g/mol. The first kappa shape index (κ1) is 14.2. The first-order valence-electron chi connectivity index (χ1n) is 7.96. The van der Waals surface area contributed by atoms with E-state index in [0.717, 1.165) is 25.2 Å². The van der Waals surface area contributed by atoms with E-state index in [1.807, 2.05) is 24.8 Å². The van der Waals surface area contributed by atoms with Crippen molar-refractivity contribution < 1.29 is 0 Å². The van der Waals surface area contributed by atoms with E-state index in [0.29, 0.717) is 24.2 Å². The van der Waals surface area contributed by atoms with Crippen molar-refractivity contribution in [1.82, 2.24) is 29.0 Å². The fourth-order valence-corrected chi connectivity index (χ4v) is 3.40. The monoisotopic (exact) mass is 312 g/mol. The molecule has 23 heavy (non-hydrogen) atoms. The zero-order valence-electron chi connectivity index (χ0n) is 13.1. The number of rotatable bonds is 3. The third-order valence-electron chi connectivity index (χ3n) is 4.73. The van der Waals surface area contributed by atoms with E-state index < -0.39 is 0 Å². The summed E-state index contributed by atoms with van der Waals surface area (Å²) in [5, 5.41) is 2.87. The van der Waals surface area contributed by atoms with Crippen LogP contribution in [0.4, 0.5) is 0 Å². The summed E-state index contributed by atoms with van der Waals surface area (Å²) in [7, 11) is 0. The van der Waals surface area contributed by atoms with Crippen LogP contribution in [0.5, 0.6) is 0 Å². The second-order valence-corrected chi connectivity index (χ2v) is 6.32. The molecular formula is C16H20N6O. The van der Waals surface area contributed by atoms with Crippen LogP contribution in [0.15, 0.2) is 41.8 Å². The van der Waals surface area contributed by atoms with Crippen molar-refractivity contribution in [2.75, 3.05) is 13.1 Å². The summed E-state index contributed by atoms with van der Waals surface area (Å²) in [6.45, 7) is 4.97. The lowest BCUT2D eigenvalue weighted by Gasteiger charge is -2.37. The first-order chi connectivity index (χ1) is 11.2. The van der Waals surface area contributed by atoms with E-state index in [1.165, 1.54) is 4.52 Å². The largest absolute Gasteiger partial charge is 0.333 e. The lowest BCUT2D eigenvalue weighted by Crippen LogP contribution is -2.40. The molecule has 1 saturated heterocycles. The van der Waals surface area contributed by atoms with Crippen LogP contribution in [0.3, 0.4) is 0 Å².